The van der Waals surface area contributed by atoms with Crippen LogP contribution in [0.1, 0.15) is 285 Å². The van der Waals surface area contributed by atoms with Crippen molar-refractivity contribution in [2.45, 2.75) is 383 Å². The Kier molecular flexibility index (Phi) is 57.8. The van der Waals surface area contributed by atoms with Crippen LogP contribution in [0.25, 0.3) is 0 Å². The van der Waals surface area contributed by atoms with Crippen LogP contribution in [-0.2, 0) is 84.6 Å². The lowest BCUT2D eigenvalue weighted by atomic mass is 9.94. The van der Waals surface area contributed by atoms with Crippen molar-refractivity contribution in [1.82, 2.24) is 37.2 Å². The lowest BCUT2D eigenvalue weighted by molar-refractivity contribution is -0.331. The molecular formula is C94H157N9O25P2. The summed E-state index contributed by atoms with van der Waals surface area (Å²) in [7, 11) is -11.5. The van der Waals surface area contributed by atoms with E-state index in [9.17, 15) is 87.6 Å². The predicted molar refractivity (Wildman–Crippen MR) is 501 cm³/mol. The van der Waals surface area contributed by atoms with Gasteiger partial charge in [0.1, 0.15) is 85.0 Å². The first-order valence-electron chi connectivity index (χ1n) is 45.5. The van der Waals surface area contributed by atoms with Gasteiger partial charge in [-0.25, -0.2) is 9.13 Å². The zero-order valence-corrected chi connectivity index (χ0v) is 81.9. The monoisotopic (exact) mass is 1870 g/mol. The molecule has 34 nitrogen and oxygen atoms in total. The van der Waals surface area contributed by atoms with Gasteiger partial charge in [-0.05, 0) is 271 Å². The molecule has 0 aromatic rings. The van der Waals surface area contributed by atoms with Gasteiger partial charge in [-0.3, -0.25) is 52.2 Å². The third kappa shape index (κ3) is 50.4. The van der Waals surface area contributed by atoms with E-state index in [-0.39, 0.29) is 19.4 Å². The van der Waals surface area contributed by atoms with E-state index in [1.54, 1.807) is 6.92 Å². The Labute approximate surface area is 771 Å². The third-order valence-corrected chi connectivity index (χ3v) is 24.7. The van der Waals surface area contributed by atoms with Gasteiger partial charge in [0.15, 0.2) is 12.6 Å². The molecule has 8 amide bonds. The molecule has 2 aliphatic rings. The van der Waals surface area contributed by atoms with Gasteiger partial charge in [0.05, 0.1) is 19.8 Å². The third-order valence-electron chi connectivity index (χ3n) is 22.1. The van der Waals surface area contributed by atoms with E-state index in [0.29, 0.717) is 19.3 Å². The van der Waals surface area contributed by atoms with Gasteiger partial charge in [-0.1, -0.05) is 128 Å². The molecule has 0 aromatic carbocycles. The van der Waals surface area contributed by atoms with Crippen LogP contribution < -0.4 is 48.7 Å². The van der Waals surface area contributed by atoms with Crippen LogP contribution in [0, 0.1) is 0 Å². The van der Waals surface area contributed by atoms with Crippen molar-refractivity contribution in [3.8, 4) is 0 Å². The van der Waals surface area contributed by atoms with Crippen LogP contribution in [-0.4, -0.2) is 213 Å². The molecule has 2 heterocycles. The molecule has 738 valence electrons. The maximum Gasteiger partial charge on any atom is 0.483 e. The second kappa shape index (κ2) is 63.5. The summed E-state index contributed by atoms with van der Waals surface area (Å²) in [5, 5.41) is 69.0. The van der Waals surface area contributed by atoms with Gasteiger partial charge in [0, 0.05) is 20.3 Å². The average Bonchev–Trinajstić information content (AvgIpc) is 0.764. The molecule has 0 aliphatic carbocycles. The molecule has 2 aliphatic heterocycles. The summed E-state index contributed by atoms with van der Waals surface area (Å²) < 4.78 is 66.6. The summed E-state index contributed by atoms with van der Waals surface area (Å²) in [6.45, 7) is 30.1. The number of unbranched alkanes of at least 4 members (excludes halogenated alkanes) is 1. The number of primary amides is 1. The fourth-order valence-corrected chi connectivity index (χ4v) is 16.2. The first-order chi connectivity index (χ1) is 61.1. The first kappa shape index (κ1) is 118. The van der Waals surface area contributed by atoms with Gasteiger partial charge >= 0.3 is 21.6 Å². The topological polar surface area (TPSA) is 530 Å². The molecule has 130 heavy (non-hydrogen) atoms. The number of hydrogen-bond donors (Lipinski definition) is 16. The molecule has 36 heteroatoms. The minimum Gasteiger partial charge on any atom is -0.480 e. The summed E-state index contributed by atoms with van der Waals surface area (Å²) in [4.78, 5) is 140. The second-order valence-corrected chi connectivity index (χ2v) is 37.8. The van der Waals surface area contributed by atoms with Crippen LogP contribution >= 0.6 is 15.6 Å². The minimum atomic E-state index is -5.95. The molecule has 2 saturated heterocycles. The molecule has 18 N–H and O–H groups in total. The van der Waals surface area contributed by atoms with E-state index < -0.39 is 199 Å². The number of carboxylic acid groups (broad SMARTS) is 1. The van der Waals surface area contributed by atoms with Crippen molar-refractivity contribution < 1.29 is 120 Å². The van der Waals surface area contributed by atoms with Gasteiger partial charge in [0.2, 0.25) is 47.3 Å². The van der Waals surface area contributed by atoms with E-state index in [4.69, 9.17) is 39.5 Å². The number of nitrogens with two attached hydrogens (primary N) is 2. The van der Waals surface area contributed by atoms with Gasteiger partial charge in [0.25, 0.3) is 0 Å². The Hall–Kier alpha value is -7.73. The standard InChI is InChI=1S/C94H157N9O25P2/c1-59(2)31-21-32-60(3)33-22-34-61(4)35-23-36-62(5)37-24-38-63(6)39-25-40-64(7)41-26-42-65(8)43-27-44-66(9)45-28-46-67(10)47-29-48-68(11)49-30-50-69(12)54-56-122-129(118,119)128-130(120,121)127-94-82(101-75(18)107)86(85(79(58-105)125-94)126-93-81(100-74(17)106)84(110)83(109)78(57-104)124-93)123-73(16)89(113)97-71(14)88(112)102-77(52-53-80(96)108)91(115)103-76(51-19-20-55-95)90(114)98-70(13)87(111)99-72(15)92(116)117/h31,33,35,37,39,41,43,45,47,49,54,70-73,76-79,81-86,93-94,104-105,109-110H,19-30,32,34,36,38,40,42,44,46,48,50-53,55-58,95H2,1-18H3,(H2,96,108)(H,97,113)(H,98,114)(H,99,111)(H,100,106)(H,101,107)(H,102,112)(H,103,115)(H,116,117)(H,118,119)(H,120,121). The molecule has 2 fully saturated rings. The lowest BCUT2D eigenvalue weighted by Gasteiger charge is -2.49. The number of amides is 8. The van der Waals surface area contributed by atoms with Crippen molar-refractivity contribution in [2.75, 3.05) is 26.4 Å². The van der Waals surface area contributed by atoms with Crippen molar-refractivity contribution in [3.05, 3.63) is 128 Å². The van der Waals surface area contributed by atoms with Crippen LogP contribution in [0.15, 0.2) is 128 Å². The summed E-state index contributed by atoms with van der Waals surface area (Å²) in [6, 6.07) is -11.0. The average molecular weight is 1880 g/mol. The summed E-state index contributed by atoms with van der Waals surface area (Å²) >= 11 is 0. The highest BCUT2D eigenvalue weighted by molar-refractivity contribution is 7.61. The predicted octanol–water partition coefficient (Wildman–Crippen LogP) is 11.8. The molecular weight excluding hydrogens is 1720 g/mol. The van der Waals surface area contributed by atoms with Crippen molar-refractivity contribution >= 4 is 68.9 Å². The zero-order chi connectivity index (χ0) is 98.0. The van der Waals surface area contributed by atoms with Crippen LogP contribution in [0.4, 0.5) is 0 Å². The largest absolute Gasteiger partial charge is 0.483 e. The van der Waals surface area contributed by atoms with Crippen LogP contribution in [0.2, 0.25) is 0 Å². The quantitative estimate of drug-likeness (QED) is 0.0153. The molecule has 0 saturated carbocycles. The summed E-state index contributed by atoms with van der Waals surface area (Å²) in [5.41, 5.74) is 25.9. The highest BCUT2D eigenvalue weighted by Crippen LogP contribution is 2.61. The van der Waals surface area contributed by atoms with Crippen molar-refractivity contribution in [1.29, 1.82) is 0 Å². The molecule has 18 unspecified atom stereocenters. The van der Waals surface area contributed by atoms with Crippen LogP contribution in [0.3, 0.4) is 0 Å². The van der Waals surface area contributed by atoms with Crippen molar-refractivity contribution in [3.63, 3.8) is 0 Å². The molecule has 0 aromatic heterocycles. The van der Waals surface area contributed by atoms with E-state index in [1.807, 2.05) is 6.92 Å². The lowest BCUT2D eigenvalue weighted by Crippen LogP contribution is -2.70. The van der Waals surface area contributed by atoms with E-state index in [1.165, 1.54) is 75.7 Å². The number of rotatable bonds is 63. The van der Waals surface area contributed by atoms with Gasteiger partial charge < -0.3 is 103 Å². The highest BCUT2D eigenvalue weighted by atomic mass is 31.3. The summed E-state index contributed by atoms with van der Waals surface area (Å²) in [6.07, 6.45) is 27.1. The Morgan fingerprint density at radius 3 is 1.15 bits per heavy atom. The number of carbonyl (C=O) groups is 9. The highest BCUT2D eigenvalue weighted by Gasteiger charge is 2.55. The molecule has 18 atom stereocenters. The molecule has 2 rings (SSSR count). The number of carboxylic acids is 1. The van der Waals surface area contributed by atoms with Gasteiger partial charge in [-0.2, -0.15) is 4.31 Å². The SMILES string of the molecule is CC(=O)NC1C(OC2C(CO)OC(OP(=O)(O)OP(=O)(O)OCC=C(C)CCC=C(C)CCC=C(C)CCC=C(C)CCC=C(C)CCC=C(C)CCC=C(C)CCC=C(C)CCC=C(C)CCC=C(C)CCC=C(C)C)C(NC(C)=O)C2OC(C)C(=O)NC(C)C(=O)NC(CCC(N)=O)C(=O)NC(CCCCN)C(=O)NC(C)C(=O)NC(C)C(=O)O)OC(CO)C(O)C1O. The van der Waals surface area contributed by atoms with E-state index >= 15 is 0 Å². The number of carbonyl (C=O) groups excluding carboxylic acids is 8. The number of phosphoric ester groups is 2. The van der Waals surface area contributed by atoms with E-state index in [2.05, 4.69) is 172 Å². The number of nitrogens with one attached hydrogen (secondary N) is 7. The number of aliphatic hydroxyl groups is 4. The Balaban J connectivity index is 2.12. The number of ether oxygens (including phenoxy) is 4. The number of aliphatic hydroxyl groups excluding tert-OH is 4. The van der Waals surface area contributed by atoms with Crippen molar-refractivity contribution in [2.24, 2.45) is 11.5 Å². The smallest absolute Gasteiger partial charge is 0.480 e. The zero-order valence-electron chi connectivity index (χ0n) is 80.1. The Morgan fingerprint density at radius 2 is 0.769 bits per heavy atom. The maximum atomic E-state index is 14.3. The molecule has 0 radical (unpaired) electrons. The minimum absolute atomic E-state index is 0.0573. The Morgan fingerprint density at radius 1 is 0.415 bits per heavy atom. The summed E-state index contributed by atoms with van der Waals surface area (Å²) in [5.74, 6) is -9.09. The fourth-order valence-electron chi connectivity index (χ4n) is 14.1. The second-order valence-electron chi connectivity index (χ2n) is 34.8. The van der Waals surface area contributed by atoms with E-state index in [0.717, 1.165) is 149 Å². The molecule has 0 spiro atoms. The normalized spacial score (nSPS) is 22.4. The number of hydrogen-bond acceptors (Lipinski definition) is 23. The van der Waals surface area contributed by atoms with Crippen LogP contribution in [0.5, 0.6) is 0 Å². The molecule has 0 bridgehead atoms. The number of allylic oxidation sites excluding steroid dienone is 21. The fraction of sp³-hybridized carbons (Fsp3) is 0.670. The number of phosphoric acid groups is 2. The first-order valence-corrected chi connectivity index (χ1v) is 48.5. The Bertz CT molecular complexity index is 4070. The number of aliphatic carboxylic acids is 1. The maximum absolute atomic E-state index is 14.3. The van der Waals surface area contributed by atoms with Gasteiger partial charge in [-0.15, -0.1) is 0 Å².